The van der Waals surface area contributed by atoms with Crippen molar-refractivity contribution in [1.29, 1.82) is 0 Å². The first-order valence-electron chi connectivity index (χ1n) is 8.69. The number of benzene rings is 1. The molecule has 9 heteroatoms. The van der Waals surface area contributed by atoms with Crippen molar-refractivity contribution in [3.63, 3.8) is 0 Å². The molecule has 0 radical (unpaired) electrons. The van der Waals surface area contributed by atoms with Gasteiger partial charge < -0.3 is 9.80 Å². The highest BCUT2D eigenvalue weighted by Gasteiger charge is 2.31. The Balaban J connectivity index is 1.55. The highest BCUT2D eigenvalue weighted by Crippen LogP contribution is 2.32. The van der Waals surface area contributed by atoms with Crippen molar-refractivity contribution in [2.45, 2.75) is 20.0 Å². The molecule has 0 spiro atoms. The van der Waals surface area contributed by atoms with Gasteiger partial charge in [-0.3, -0.25) is 0 Å². The normalized spacial score (nSPS) is 15.6. The van der Waals surface area contributed by atoms with Gasteiger partial charge in [0.05, 0.1) is 5.56 Å². The molecule has 142 valence electrons. The summed E-state index contributed by atoms with van der Waals surface area (Å²) in [5.74, 6) is 2.11. The SMILES string of the molecule is Cc1cc(N2CCN(c3cccc(C(F)(F)F)c3)CC2)n2nc(C)nc2n1. The second-order valence-electron chi connectivity index (χ2n) is 6.65. The Hall–Kier alpha value is -2.84. The lowest BCUT2D eigenvalue weighted by molar-refractivity contribution is -0.137. The number of halogens is 3. The van der Waals surface area contributed by atoms with E-state index in [0.717, 1.165) is 17.6 Å². The van der Waals surface area contributed by atoms with Crippen LogP contribution in [0.5, 0.6) is 0 Å². The van der Waals surface area contributed by atoms with Crippen molar-refractivity contribution in [3.05, 3.63) is 47.4 Å². The maximum Gasteiger partial charge on any atom is 0.416 e. The van der Waals surface area contributed by atoms with E-state index in [4.69, 9.17) is 0 Å². The number of nitrogens with zero attached hydrogens (tertiary/aromatic N) is 6. The summed E-state index contributed by atoms with van der Waals surface area (Å²) in [5.41, 5.74) is 0.828. The zero-order chi connectivity index (χ0) is 19.2. The molecule has 0 N–H and O–H groups in total. The van der Waals surface area contributed by atoms with Gasteiger partial charge in [0.15, 0.2) is 0 Å². The summed E-state index contributed by atoms with van der Waals surface area (Å²) in [4.78, 5) is 12.9. The Morgan fingerprint density at radius 3 is 2.33 bits per heavy atom. The third-order valence-corrected chi connectivity index (χ3v) is 4.67. The van der Waals surface area contributed by atoms with Crippen LogP contribution in [0.25, 0.3) is 5.78 Å². The number of aromatic nitrogens is 4. The Kier molecular flexibility index (Phi) is 4.16. The molecule has 27 heavy (non-hydrogen) atoms. The monoisotopic (exact) mass is 376 g/mol. The maximum absolute atomic E-state index is 13.0. The minimum absolute atomic E-state index is 0.558. The molecule has 4 rings (SSSR count). The summed E-state index contributed by atoms with van der Waals surface area (Å²) in [6.45, 7) is 6.32. The summed E-state index contributed by atoms with van der Waals surface area (Å²) in [6.07, 6.45) is -4.33. The van der Waals surface area contributed by atoms with Crippen LogP contribution in [0.2, 0.25) is 0 Å². The van der Waals surface area contributed by atoms with Crippen LogP contribution in [0.4, 0.5) is 24.7 Å². The summed E-state index contributed by atoms with van der Waals surface area (Å²) in [7, 11) is 0. The minimum Gasteiger partial charge on any atom is -0.368 e. The van der Waals surface area contributed by atoms with E-state index in [1.165, 1.54) is 12.1 Å². The predicted octanol–water partition coefficient (Wildman–Crippen LogP) is 3.09. The molecule has 3 aromatic rings. The van der Waals surface area contributed by atoms with Crippen LogP contribution >= 0.6 is 0 Å². The van der Waals surface area contributed by atoms with Crippen LogP contribution in [0, 0.1) is 13.8 Å². The summed E-state index contributed by atoms with van der Waals surface area (Å²) < 4.78 is 40.6. The van der Waals surface area contributed by atoms with E-state index < -0.39 is 11.7 Å². The number of fused-ring (bicyclic) bond motifs is 1. The Bertz CT molecular complexity index is 973. The van der Waals surface area contributed by atoms with Crippen molar-refractivity contribution >= 4 is 17.3 Å². The average Bonchev–Trinajstić information content (AvgIpc) is 3.00. The Morgan fingerprint density at radius 2 is 1.63 bits per heavy atom. The van der Waals surface area contributed by atoms with Gasteiger partial charge in [0.2, 0.25) is 0 Å². The summed E-state index contributed by atoms with van der Waals surface area (Å²) >= 11 is 0. The summed E-state index contributed by atoms with van der Waals surface area (Å²) in [5, 5.41) is 4.41. The van der Waals surface area contributed by atoms with Crippen LogP contribution in [-0.4, -0.2) is 45.8 Å². The highest BCUT2D eigenvalue weighted by molar-refractivity contribution is 5.53. The van der Waals surface area contributed by atoms with Crippen molar-refractivity contribution < 1.29 is 13.2 Å². The van der Waals surface area contributed by atoms with Gasteiger partial charge in [0.25, 0.3) is 5.78 Å². The van der Waals surface area contributed by atoms with Crippen LogP contribution in [0.15, 0.2) is 30.3 Å². The predicted molar refractivity (Wildman–Crippen MR) is 96.1 cm³/mol. The smallest absolute Gasteiger partial charge is 0.368 e. The molecule has 1 saturated heterocycles. The first-order valence-corrected chi connectivity index (χ1v) is 8.69. The zero-order valence-corrected chi connectivity index (χ0v) is 15.0. The van der Waals surface area contributed by atoms with Gasteiger partial charge in [0, 0.05) is 43.6 Å². The van der Waals surface area contributed by atoms with E-state index in [1.807, 2.05) is 24.8 Å². The van der Waals surface area contributed by atoms with E-state index in [9.17, 15) is 13.2 Å². The average molecular weight is 376 g/mol. The molecule has 0 amide bonds. The second kappa shape index (κ2) is 6.40. The van der Waals surface area contributed by atoms with Gasteiger partial charge in [-0.25, -0.2) is 4.98 Å². The van der Waals surface area contributed by atoms with Crippen molar-refractivity contribution in [1.82, 2.24) is 19.6 Å². The van der Waals surface area contributed by atoms with E-state index >= 15 is 0 Å². The fourth-order valence-corrected chi connectivity index (χ4v) is 3.37. The Morgan fingerprint density at radius 1 is 0.926 bits per heavy atom. The van der Waals surface area contributed by atoms with Crippen LogP contribution < -0.4 is 9.80 Å². The maximum atomic E-state index is 13.0. The lowest BCUT2D eigenvalue weighted by Gasteiger charge is -2.37. The van der Waals surface area contributed by atoms with Crippen LogP contribution in [-0.2, 0) is 6.18 Å². The van der Waals surface area contributed by atoms with Crippen molar-refractivity contribution in [2.24, 2.45) is 0 Å². The van der Waals surface area contributed by atoms with E-state index in [0.29, 0.717) is 43.5 Å². The van der Waals surface area contributed by atoms with E-state index in [1.54, 1.807) is 10.6 Å². The molecule has 1 fully saturated rings. The van der Waals surface area contributed by atoms with E-state index in [-0.39, 0.29) is 0 Å². The third kappa shape index (κ3) is 3.41. The second-order valence-corrected chi connectivity index (χ2v) is 6.65. The van der Waals surface area contributed by atoms with Gasteiger partial charge in [-0.1, -0.05) is 6.07 Å². The largest absolute Gasteiger partial charge is 0.416 e. The van der Waals surface area contributed by atoms with Crippen LogP contribution in [0.1, 0.15) is 17.1 Å². The quantitative estimate of drug-likeness (QED) is 0.688. The number of piperazine rings is 1. The van der Waals surface area contributed by atoms with Gasteiger partial charge in [-0.15, -0.1) is 5.10 Å². The lowest BCUT2D eigenvalue weighted by Crippen LogP contribution is -2.47. The third-order valence-electron chi connectivity index (χ3n) is 4.67. The molecule has 6 nitrogen and oxygen atoms in total. The molecule has 2 aromatic heterocycles. The molecule has 0 unspecified atom stereocenters. The fraction of sp³-hybridized carbons (Fsp3) is 0.389. The number of anilines is 2. The highest BCUT2D eigenvalue weighted by atomic mass is 19.4. The number of alkyl halides is 3. The molecule has 0 aliphatic carbocycles. The van der Waals surface area contributed by atoms with Gasteiger partial charge in [-0.2, -0.15) is 22.7 Å². The Labute approximate surface area is 154 Å². The van der Waals surface area contributed by atoms with E-state index in [2.05, 4.69) is 20.0 Å². The number of rotatable bonds is 2. The number of hydrogen-bond donors (Lipinski definition) is 0. The molecule has 1 aliphatic heterocycles. The van der Waals surface area contributed by atoms with Gasteiger partial charge in [0.1, 0.15) is 11.6 Å². The molecular formula is C18H19F3N6. The summed E-state index contributed by atoms with van der Waals surface area (Å²) in [6, 6.07) is 7.45. The number of aryl methyl sites for hydroxylation is 2. The molecule has 0 saturated carbocycles. The molecular weight excluding hydrogens is 357 g/mol. The van der Waals surface area contributed by atoms with Crippen molar-refractivity contribution in [3.8, 4) is 0 Å². The van der Waals surface area contributed by atoms with Gasteiger partial charge in [-0.05, 0) is 32.0 Å². The topological polar surface area (TPSA) is 49.6 Å². The fourth-order valence-electron chi connectivity index (χ4n) is 3.37. The first kappa shape index (κ1) is 17.6. The lowest BCUT2D eigenvalue weighted by atomic mass is 10.1. The standard InChI is InChI=1S/C18H19F3N6/c1-12-10-16(27-17(22-12)23-13(2)24-27)26-8-6-25(7-9-26)15-5-3-4-14(11-15)18(19,20)21/h3-5,10-11H,6-9H2,1-2H3. The van der Waals surface area contributed by atoms with Crippen LogP contribution in [0.3, 0.4) is 0 Å². The molecule has 1 aromatic carbocycles. The minimum atomic E-state index is -4.33. The number of hydrogen-bond acceptors (Lipinski definition) is 5. The van der Waals surface area contributed by atoms with Gasteiger partial charge >= 0.3 is 6.18 Å². The molecule has 0 atom stereocenters. The molecule has 0 bridgehead atoms. The first-order chi connectivity index (χ1) is 12.8. The molecule has 1 aliphatic rings. The zero-order valence-electron chi connectivity index (χ0n) is 15.0. The molecule has 3 heterocycles. The van der Waals surface area contributed by atoms with Crippen molar-refractivity contribution in [2.75, 3.05) is 36.0 Å².